The molecule has 0 radical (unpaired) electrons. The van der Waals surface area contributed by atoms with Crippen molar-refractivity contribution >= 4 is 17.9 Å². The lowest BCUT2D eigenvalue weighted by Crippen LogP contribution is -2.33. The summed E-state index contributed by atoms with van der Waals surface area (Å²) < 4.78 is 16.4. The predicted octanol–water partition coefficient (Wildman–Crippen LogP) is 4.46. The molecule has 30 heavy (non-hydrogen) atoms. The van der Waals surface area contributed by atoms with Gasteiger partial charge < -0.3 is 14.2 Å². The Kier molecular flexibility index (Phi) is 8.72. The van der Waals surface area contributed by atoms with Crippen molar-refractivity contribution in [2.75, 3.05) is 13.2 Å². The molecule has 6 heteroatoms. The summed E-state index contributed by atoms with van der Waals surface area (Å²) in [6.45, 7) is -0.211. The Labute approximate surface area is 178 Å². The first kappa shape index (κ1) is 22.3. The average Bonchev–Trinajstić information content (AvgIpc) is 2.82. The van der Waals surface area contributed by atoms with Gasteiger partial charge in [-0.1, -0.05) is 56.7 Å². The first-order valence-corrected chi connectivity index (χ1v) is 11.2. The van der Waals surface area contributed by atoms with Crippen LogP contribution in [0.15, 0.2) is 30.3 Å². The molecule has 0 saturated heterocycles. The van der Waals surface area contributed by atoms with E-state index in [4.69, 9.17) is 14.2 Å². The van der Waals surface area contributed by atoms with Gasteiger partial charge in [0.15, 0.2) is 6.10 Å². The van der Waals surface area contributed by atoms with Crippen LogP contribution < -0.4 is 0 Å². The number of ether oxygens (including phenoxy) is 3. The van der Waals surface area contributed by atoms with Gasteiger partial charge in [-0.2, -0.15) is 0 Å². The van der Waals surface area contributed by atoms with Crippen LogP contribution in [-0.4, -0.2) is 37.2 Å². The molecule has 0 unspecified atom stereocenters. The average molecular weight is 417 g/mol. The standard InChI is InChI=1S/C24H32O6/c25-22(18-10-4-1-5-11-18)28-16-21(30-24(27)20-14-8-3-9-15-20)17-29-23(26)19-12-6-2-7-13-19/h3,8-9,14-15,18-19,21H,1-2,4-7,10-13,16-17H2. The maximum Gasteiger partial charge on any atom is 0.338 e. The zero-order valence-electron chi connectivity index (χ0n) is 17.6. The van der Waals surface area contributed by atoms with E-state index in [9.17, 15) is 14.4 Å². The fourth-order valence-corrected chi connectivity index (χ4v) is 4.17. The monoisotopic (exact) mass is 416 g/mol. The molecule has 0 N–H and O–H groups in total. The molecule has 3 rings (SSSR count). The summed E-state index contributed by atoms with van der Waals surface area (Å²) in [5, 5.41) is 0. The van der Waals surface area contributed by atoms with Crippen LogP contribution in [0.4, 0.5) is 0 Å². The topological polar surface area (TPSA) is 78.9 Å². The summed E-state index contributed by atoms with van der Waals surface area (Å²) in [6.07, 6.45) is 8.96. The smallest absolute Gasteiger partial charge is 0.338 e. The summed E-state index contributed by atoms with van der Waals surface area (Å²) in [7, 11) is 0. The zero-order chi connectivity index (χ0) is 21.2. The molecule has 0 aromatic heterocycles. The summed E-state index contributed by atoms with van der Waals surface area (Å²) >= 11 is 0. The van der Waals surface area contributed by atoms with Crippen LogP contribution in [0, 0.1) is 11.8 Å². The fraction of sp³-hybridized carbons (Fsp3) is 0.625. The van der Waals surface area contributed by atoms with Crippen molar-refractivity contribution in [3.63, 3.8) is 0 Å². The molecule has 2 aliphatic rings. The molecule has 0 spiro atoms. The molecule has 0 heterocycles. The van der Waals surface area contributed by atoms with Crippen LogP contribution in [0.3, 0.4) is 0 Å². The van der Waals surface area contributed by atoms with E-state index in [1.165, 1.54) is 0 Å². The lowest BCUT2D eigenvalue weighted by atomic mass is 9.89. The van der Waals surface area contributed by atoms with Gasteiger partial charge in [-0.05, 0) is 37.8 Å². The van der Waals surface area contributed by atoms with Crippen molar-refractivity contribution in [2.45, 2.75) is 70.3 Å². The number of hydrogen-bond donors (Lipinski definition) is 0. The van der Waals surface area contributed by atoms with Crippen LogP contribution in [-0.2, 0) is 23.8 Å². The highest BCUT2D eigenvalue weighted by atomic mass is 16.6. The van der Waals surface area contributed by atoms with Gasteiger partial charge in [-0.3, -0.25) is 9.59 Å². The Bertz CT molecular complexity index is 655. The number of esters is 3. The van der Waals surface area contributed by atoms with Gasteiger partial charge in [-0.25, -0.2) is 4.79 Å². The minimum absolute atomic E-state index is 0.0889. The van der Waals surface area contributed by atoms with Crippen molar-refractivity contribution in [3.05, 3.63) is 35.9 Å². The van der Waals surface area contributed by atoms with Crippen molar-refractivity contribution in [2.24, 2.45) is 11.8 Å². The van der Waals surface area contributed by atoms with Gasteiger partial charge in [0, 0.05) is 0 Å². The molecule has 0 bridgehead atoms. The number of carbonyl (C=O) groups excluding carboxylic acids is 3. The molecule has 6 nitrogen and oxygen atoms in total. The Balaban J connectivity index is 1.54. The minimum atomic E-state index is -0.821. The number of rotatable bonds is 8. The number of hydrogen-bond acceptors (Lipinski definition) is 6. The quantitative estimate of drug-likeness (QED) is 0.460. The minimum Gasteiger partial charge on any atom is -0.461 e. The SMILES string of the molecule is O=C(OC(COC(=O)C1CCCCC1)COC(=O)C1CCCCC1)c1ccccc1. The normalized spacial score (nSPS) is 18.0. The largest absolute Gasteiger partial charge is 0.461 e. The van der Waals surface area contributed by atoms with Crippen LogP contribution in [0.1, 0.15) is 74.6 Å². The third-order valence-electron chi connectivity index (χ3n) is 5.98. The zero-order valence-corrected chi connectivity index (χ0v) is 17.6. The summed E-state index contributed by atoms with van der Waals surface area (Å²) in [4.78, 5) is 37.2. The predicted molar refractivity (Wildman–Crippen MR) is 111 cm³/mol. The van der Waals surface area contributed by atoms with Crippen molar-refractivity contribution < 1.29 is 28.6 Å². The van der Waals surface area contributed by atoms with Gasteiger partial charge in [0.2, 0.25) is 0 Å². The van der Waals surface area contributed by atoms with Gasteiger partial charge in [0.1, 0.15) is 13.2 Å². The van der Waals surface area contributed by atoms with E-state index in [1.54, 1.807) is 24.3 Å². The van der Waals surface area contributed by atoms with E-state index in [1.807, 2.05) is 6.07 Å². The van der Waals surface area contributed by atoms with E-state index in [0.29, 0.717) is 5.56 Å². The Hall–Kier alpha value is -2.37. The third-order valence-corrected chi connectivity index (χ3v) is 5.98. The Morgan fingerprint density at radius 3 is 1.67 bits per heavy atom. The second-order valence-electron chi connectivity index (χ2n) is 8.32. The molecule has 2 aliphatic carbocycles. The first-order valence-electron chi connectivity index (χ1n) is 11.2. The number of benzene rings is 1. The van der Waals surface area contributed by atoms with Crippen molar-refractivity contribution in [3.8, 4) is 0 Å². The molecule has 164 valence electrons. The van der Waals surface area contributed by atoms with E-state index < -0.39 is 12.1 Å². The van der Waals surface area contributed by atoms with E-state index in [0.717, 1.165) is 64.2 Å². The Morgan fingerprint density at radius 1 is 0.733 bits per heavy atom. The van der Waals surface area contributed by atoms with Gasteiger partial charge in [0.05, 0.1) is 17.4 Å². The molecule has 2 fully saturated rings. The van der Waals surface area contributed by atoms with Crippen molar-refractivity contribution in [1.82, 2.24) is 0 Å². The maximum absolute atomic E-state index is 12.4. The molecule has 1 aromatic rings. The van der Waals surface area contributed by atoms with E-state index in [2.05, 4.69) is 0 Å². The molecular weight excluding hydrogens is 384 g/mol. The third kappa shape index (κ3) is 6.85. The number of carbonyl (C=O) groups is 3. The highest BCUT2D eigenvalue weighted by Gasteiger charge is 2.27. The van der Waals surface area contributed by atoms with Gasteiger partial charge in [-0.15, -0.1) is 0 Å². The molecule has 2 saturated carbocycles. The van der Waals surface area contributed by atoms with E-state index >= 15 is 0 Å². The van der Waals surface area contributed by atoms with E-state index in [-0.39, 0.29) is 37.0 Å². The highest BCUT2D eigenvalue weighted by molar-refractivity contribution is 5.89. The fourth-order valence-electron chi connectivity index (χ4n) is 4.17. The van der Waals surface area contributed by atoms with Gasteiger partial charge in [0.25, 0.3) is 0 Å². The Morgan fingerprint density at radius 2 is 1.20 bits per heavy atom. The molecule has 0 aliphatic heterocycles. The van der Waals surface area contributed by atoms with Crippen LogP contribution in [0.2, 0.25) is 0 Å². The summed E-state index contributed by atoms with van der Waals surface area (Å²) in [5.41, 5.74) is 0.403. The lowest BCUT2D eigenvalue weighted by molar-refractivity contribution is -0.158. The van der Waals surface area contributed by atoms with Crippen LogP contribution in [0.5, 0.6) is 0 Å². The van der Waals surface area contributed by atoms with Crippen molar-refractivity contribution in [1.29, 1.82) is 0 Å². The molecule has 0 atom stereocenters. The molecular formula is C24H32O6. The molecule has 0 amide bonds. The first-order chi connectivity index (χ1) is 14.6. The van der Waals surface area contributed by atoms with Crippen LogP contribution >= 0.6 is 0 Å². The second kappa shape index (κ2) is 11.7. The summed E-state index contributed by atoms with van der Waals surface area (Å²) in [6, 6.07) is 8.62. The van der Waals surface area contributed by atoms with Crippen LogP contribution in [0.25, 0.3) is 0 Å². The maximum atomic E-state index is 12.4. The second-order valence-corrected chi connectivity index (χ2v) is 8.32. The summed E-state index contributed by atoms with van der Waals surface area (Å²) in [5.74, 6) is -1.21. The lowest BCUT2D eigenvalue weighted by Gasteiger charge is -2.24. The van der Waals surface area contributed by atoms with Gasteiger partial charge >= 0.3 is 17.9 Å². The molecule has 1 aromatic carbocycles. The highest BCUT2D eigenvalue weighted by Crippen LogP contribution is 2.26.